The van der Waals surface area contributed by atoms with Gasteiger partial charge in [-0.05, 0) is 45.6 Å². The van der Waals surface area contributed by atoms with Crippen LogP contribution in [0, 0.1) is 0 Å². The molecule has 104 valence electrons. The maximum absolute atomic E-state index is 6.65. The van der Waals surface area contributed by atoms with Crippen molar-refractivity contribution in [1.82, 2.24) is 0 Å². The van der Waals surface area contributed by atoms with Gasteiger partial charge in [0, 0.05) is 13.2 Å². The van der Waals surface area contributed by atoms with Gasteiger partial charge in [-0.1, -0.05) is 19.6 Å². The average molecular weight is 293 g/mol. The summed E-state index contributed by atoms with van der Waals surface area (Å²) >= 11 is 0. The zero-order valence-corrected chi connectivity index (χ0v) is 16.1. The summed E-state index contributed by atoms with van der Waals surface area (Å²) in [5.41, 5.74) is 0. The van der Waals surface area contributed by atoms with Gasteiger partial charge in [0.1, 0.15) is 0 Å². The van der Waals surface area contributed by atoms with Gasteiger partial charge in [0.25, 0.3) is 0 Å². The lowest BCUT2D eigenvalue weighted by Gasteiger charge is -2.43. The second kappa shape index (κ2) is 6.65. The first-order valence-corrected chi connectivity index (χ1v) is 17.3. The fraction of sp³-hybridized carbons (Fsp3) is 1.00. The molecule has 0 radical (unpaired) electrons. The molecule has 0 aliphatic rings. The predicted molar refractivity (Wildman–Crippen MR) is 85.3 cm³/mol. The smallest absolute Gasteiger partial charge is 0.170 e. The molecule has 5 heteroatoms. The molecule has 0 N–H and O–H groups in total. The summed E-state index contributed by atoms with van der Waals surface area (Å²) in [6.07, 6.45) is 1.17. The molecule has 0 aromatic carbocycles. The van der Waals surface area contributed by atoms with E-state index in [0.29, 0.717) is 0 Å². The molecule has 0 aromatic rings. The molecule has 1 unspecified atom stereocenters. The van der Waals surface area contributed by atoms with Crippen molar-refractivity contribution in [3.8, 4) is 0 Å². The highest BCUT2D eigenvalue weighted by Gasteiger charge is 2.45. The lowest BCUT2D eigenvalue weighted by Crippen LogP contribution is -2.61. The molecule has 0 fully saturated rings. The summed E-state index contributed by atoms with van der Waals surface area (Å²) in [4.78, 5) is 0. The first kappa shape index (κ1) is 17.6. The van der Waals surface area contributed by atoms with Crippen LogP contribution in [0.15, 0.2) is 0 Å². The van der Waals surface area contributed by atoms with Gasteiger partial charge in [-0.15, -0.1) is 0 Å². The third-order valence-electron chi connectivity index (χ3n) is 3.26. The van der Waals surface area contributed by atoms with Crippen LogP contribution < -0.4 is 0 Å². The van der Waals surface area contributed by atoms with Crippen LogP contribution in [0.2, 0.25) is 51.9 Å². The quantitative estimate of drug-likeness (QED) is 0.492. The Kier molecular flexibility index (Phi) is 6.88. The van der Waals surface area contributed by atoms with E-state index < -0.39 is 23.7 Å². The van der Waals surface area contributed by atoms with Gasteiger partial charge in [-0.2, -0.15) is 0 Å². The van der Waals surface area contributed by atoms with Crippen molar-refractivity contribution >= 4 is 23.7 Å². The van der Waals surface area contributed by atoms with Crippen molar-refractivity contribution in [2.75, 3.05) is 13.2 Å². The average Bonchev–Trinajstić information content (AvgIpc) is 2.08. The van der Waals surface area contributed by atoms with Crippen molar-refractivity contribution in [3.05, 3.63) is 0 Å². The molecule has 0 rings (SSSR count). The van der Waals surface area contributed by atoms with Crippen LogP contribution in [0.3, 0.4) is 0 Å². The molecule has 0 amide bonds. The molecule has 0 saturated heterocycles. The van der Waals surface area contributed by atoms with Crippen LogP contribution in [0.4, 0.5) is 0 Å². The summed E-state index contributed by atoms with van der Waals surface area (Å²) in [6.45, 7) is 20.6. The van der Waals surface area contributed by atoms with E-state index in [9.17, 15) is 0 Å². The number of ether oxygens (including phenoxy) is 1. The zero-order chi connectivity index (χ0) is 13.7. The molecule has 0 bridgehead atoms. The Balaban J connectivity index is 4.53. The largest absolute Gasteiger partial charge is 0.458 e. The SMILES string of the molecule is CCOCCC[Si](C)(O[Si](C)(C)C)[Si](C)(C)C. The highest BCUT2D eigenvalue weighted by Crippen LogP contribution is 2.29. The highest BCUT2D eigenvalue weighted by molar-refractivity contribution is 7.39. The molecular weight excluding hydrogens is 260 g/mol. The molecule has 0 aliphatic carbocycles. The van der Waals surface area contributed by atoms with E-state index in [4.69, 9.17) is 8.85 Å². The van der Waals surface area contributed by atoms with Gasteiger partial charge < -0.3 is 8.85 Å². The van der Waals surface area contributed by atoms with Crippen LogP contribution >= 0.6 is 0 Å². The van der Waals surface area contributed by atoms with Crippen molar-refractivity contribution < 1.29 is 8.85 Å². The monoisotopic (exact) mass is 292 g/mol. The molecule has 1 atom stereocenters. The summed E-state index contributed by atoms with van der Waals surface area (Å²) in [7, 11) is -4.12. The van der Waals surface area contributed by atoms with Gasteiger partial charge in [0.2, 0.25) is 0 Å². The Hall–Kier alpha value is 0.571. The molecule has 0 heterocycles. The van der Waals surface area contributed by atoms with E-state index in [1.165, 1.54) is 12.5 Å². The standard InChI is InChI=1S/C12H32O2Si3/c1-9-13-11-10-12-17(8,16(5,6)7)14-15(2,3)4/h9-12H2,1-8H3. The third kappa shape index (κ3) is 6.91. The Labute approximate surface area is 111 Å². The topological polar surface area (TPSA) is 18.5 Å². The summed E-state index contributed by atoms with van der Waals surface area (Å²) in [5.74, 6) is 0. The molecule has 0 aromatic heterocycles. The molecular formula is C12H32O2Si3. The van der Waals surface area contributed by atoms with Crippen molar-refractivity contribution in [2.24, 2.45) is 0 Å². The third-order valence-corrected chi connectivity index (χ3v) is 23.2. The first-order valence-electron chi connectivity index (χ1n) is 6.80. The summed E-state index contributed by atoms with van der Waals surface area (Å²) in [5, 5.41) is 0. The lowest BCUT2D eigenvalue weighted by atomic mass is 10.5. The van der Waals surface area contributed by atoms with Gasteiger partial charge in [0.15, 0.2) is 16.2 Å². The van der Waals surface area contributed by atoms with Gasteiger partial charge in [-0.25, -0.2) is 0 Å². The molecule has 0 spiro atoms. The zero-order valence-electron chi connectivity index (χ0n) is 13.1. The van der Waals surface area contributed by atoms with E-state index >= 15 is 0 Å². The van der Waals surface area contributed by atoms with E-state index in [1.54, 1.807) is 0 Å². The molecule has 0 saturated carbocycles. The van der Waals surface area contributed by atoms with Gasteiger partial charge in [0.05, 0.1) is 7.59 Å². The minimum atomic E-state index is -1.52. The first-order chi connectivity index (χ1) is 7.52. The number of hydrogen-bond donors (Lipinski definition) is 0. The van der Waals surface area contributed by atoms with E-state index in [1.807, 2.05) is 0 Å². The van der Waals surface area contributed by atoms with Crippen molar-refractivity contribution in [1.29, 1.82) is 0 Å². The summed E-state index contributed by atoms with van der Waals surface area (Å²) in [6, 6.07) is 1.27. The van der Waals surface area contributed by atoms with Crippen molar-refractivity contribution in [2.45, 2.75) is 65.2 Å². The van der Waals surface area contributed by atoms with Crippen LogP contribution in [-0.4, -0.2) is 37.0 Å². The fourth-order valence-corrected chi connectivity index (χ4v) is 18.8. The Morgan fingerprint density at radius 2 is 1.41 bits per heavy atom. The van der Waals surface area contributed by atoms with Crippen molar-refractivity contribution in [3.63, 3.8) is 0 Å². The van der Waals surface area contributed by atoms with Crippen LogP contribution in [-0.2, 0) is 8.85 Å². The van der Waals surface area contributed by atoms with Crippen LogP contribution in [0.25, 0.3) is 0 Å². The van der Waals surface area contributed by atoms with Crippen LogP contribution in [0.1, 0.15) is 13.3 Å². The highest BCUT2D eigenvalue weighted by atomic mass is 29.3. The Morgan fingerprint density at radius 1 is 0.882 bits per heavy atom. The normalized spacial score (nSPS) is 16.9. The fourth-order valence-electron chi connectivity index (χ4n) is 1.91. The predicted octanol–water partition coefficient (Wildman–Crippen LogP) is 4.26. The second-order valence-corrected chi connectivity index (χ2v) is 27.2. The van der Waals surface area contributed by atoms with E-state index in [0.717, 1.165) is 13.2 Å². The Bertz CT molecular complexity index is 221. The lowest BCUT2D eigenvalue weighted by molar-refractivity contribution is 0.147. The minimum absolute atomic E-state index is 0.833. The Morgan fingerprint density at radius 3 is 1.76 bits per heavy atom. The minimum Gasteiger partial charge on any atom is -0.458 e. The molecule has 2 nitrogen and oxygen atoms in total. The van der Waals surface area contributed by atoms with Gasteiger partial charge >= 0.3 is 0 Å². The maximum Gasteiger partial charge on any atom is 0.170 e. The molecule has 17 heavy (non-hydrogen) atoms. The second-order valence-electron chi connectivity index (χ2n) is 7.00. The number of rotatable bonds is 8. The molecule has 0 aliphatic heterocycles. The number of hydrogen-bond acceptors (Lipinski definition) is 2. The van der Waals surface area contributed by atoms with Gasteiger partial charge in [-0.3, -0.25) is 0 Å². The van der Waals surface area contributed by atoms with Crippen LogP contribution in [0.5, 0.6) is 0 Å². The van der Waals surface area contributed by atoms with E-state index in [2.05, 4.69) is 52.8 Å². The van der Waals surface area contributed by atoms with E-state index in [-0.39, 0.29) is 0 Å². The maximum atomic E-state index is 6.65. The summed E-state index contributed by atoms with van der Waals surface area (Å²) < 4.78 is 12.1.